The molecular weight excluding hydrogens is 412 g/mol. The van der Waals surface area contributed by atoms with Crippen molar-refractivity contribution in [2.45, 2.75) is 12.2 Å². The third kappa shape index (κ3) is 4.25. The Balaban J connectivity index is 1.32. The molecule has 1 spiro atoms. The van der Waals surface area contributed by atoms with Crippen LogP contribution in [0.4, 0.5) is 0 Å². The number of carbonyl (C=O) groups is 2. The van der Waals surface area contributed by atoms with E-state index in [9.17, 15) is 9.59 Å². The van der Waals surface area contributed by atoms with Gasteiger partial charge in [-0.25, -0.2) is 0 Å². The molecule has 0 N–H and O–H groups in total. The van der Waals surface area contributed by atoms with Crippen molar-refractivity contribution in [2.24, 2.45) is 0 Å². The van der Waals surface area contributed by atoms with Crippen molar-refractivity contribution in [1.82, 2.24) is 9.80 Å². The van der Waals surface area contributed by atoms with Gasteiger partial charge in [-0.3, -0.25) is 14.5 Å². The van der Waals surface area contributed by atoms with Gasteiger partial charge in [-0.2, -0.15) is 0 Å². The Hall–Kier alpha value is -3.54. The van der Waals surface area contributed by atoms with E-state index in [2.05, 4.69) is 17.0 Å². The second kappa shape index (κ2) is 9.14. The molecule has 33 heavy (non-hydrogen) atoms. The van der Waals surface area contributed by atoms with E-state index in [1.54, 1.807) is 24.3 Å². The SMILES string of the molecule is O=C(/C=C/c1cccc(C(=O)N2CCN(Cc3ccccc3)C23COC3)c1)c1ccccc1. The van der Waals surface area contributed by atoms with Gasteiger partial charge in [-0.05, 0) is 29.3 Å². The molecular formula is C28H26N2O3. The second-order valence-electron chi connectivity index (χ2n) is 8.53. The summed E-state index contributed by atoms with van der Waals surface area (Å²) in [6.07, 6.45) is 3.32. The smallest absolute Gasteiger partial charge is 0.255 e. The van der Waals surface area contributed by atoms with E-state index in [1.165, 1.54) is 5.56 Å². The predicted molar refractivity (Wildman–Crippen MR) is 128 cm³/mol. The van der Waals surface area contributed by atoms with Gasteiger partial charge >= 0.3 is 0 Å². The molecule has 0 radical (unpaired) electrons. The Bertz CT molecular complexity index is 1170. The van der Waals surface area contributed by atoms with E-state index in [1.807, 2.05) is 65.6 Å². The molecule has 0 atom stereocenters. The number of ether oxygens (including phenoxy) is 1. The van der Waals surface area contributed by atoms with Crippen LogP contribution in [0.3, 0.4) is 0 Å². The van der Waals surface area contributed by atoms with Gasteiger partial charge in [0.25, 0.3) is 5.91 Å². The lowest BCUT2D eigenvalue weighted by Crippen LogP contribution is -2.67. The molecule has 0 aliphatic carbocycles. The number of ketones is 1. The lowest BCUT2D eigenvalue weighted by Gasteiger charge is -2.49. The minimum Gasteiger partial charge on any atom is -0.374 e. The van der Waals surface area contributed by atoms with Gasteiger partial charge < -0.3 is 9.64 Å². The van der Waals surface area contributed by atoms with Gasteiger partial charge in [0, 0.05) is 30.8 Å². The van der Waals surface area contributed by atoms with Crippen molar-refractivity contribution in [3.05, 3.63) is 113 Å². The third-order valence-corrected chi connectivity index (χ3v) is 6.43. The predicted octanol–water partition coefficient (Wildman–Crippen LogP) is 4.27. The van der Waals surface area contributed by atoms with Crippen LogP contribution < -0.4 is 0 Å². The molecule has 2 aliphatic heterocycles. The molecule has 5 nitrogen and oxygen atoms in total. The summed E-state index contributed by atoms with van der Waals surface area (Å²) in [4.78, 5) is 30.2. The highest BCUT2D eigenvalue weighted by Gasteiger charge is 2.54. The average molecular weight is 439 g/mol. The summed E-state index contributed by atoms with van der Waals surface area (Å²) in [6.45, 7) is 3.32. The Labute approximate surface area is 193 Å². The monoisotopic (exact) mass is 438 g/mol. The zero-order valence-corrected chi connectivity index (χ0v) is 18.4. The van der Waals surface area contributed by atoms with Crippen LogP contribution in [0.5, 0.6) is 0 Å². The van der Waals surface area contributed by atoms with Gasteiger partial charge in [0.2, 0.25) is 0 Å². The van der Waals surface area contributed by atoms with E-state index in [-0.39, 0.29) is 17.4 Å². The van der Waals surface area contributed by atoms with Crippen LogP contribution in [0, 0.1) is 0 Å². The third-order valence-electron chi connectivity index (χ3n) is 6.43. The van der Waals surface area contributed by atoms with Crippen molar-refractivity contribution in [3.63, 3.8) is 0 Å². The molecule has 3 aromatic carbocycles. The summed E-state index contributed by atoms with van der Waals surface area (Å²) < 4.78 is 5.59. The molecule has 2 fully saturated rings. The number of hydrogen-bond donors (Lipinski definition) is 0. The Morgan fingerprint density at radius 1 is 0.848 bits per heavy atom. The summed E-state index contributed by atoms with van der Waals surface area (Å²) in [5.41, 5.74) is 2.93. The maximum atomic E-state index is 13.5. The van der Waals surface area contributed by atoms with Crippen LogP contribution in [0.2, 0.25) is 0 Å². The molecule has 1 amide bonds. The molecule has 0 unspecified atom stereocenters. The lowest BCUT2D eigenvalue weighted by molar-refractivity contribution is -0.176. The van der Waals surface area contributed by atoms with E-state index >= 15 is 0 Å². The summed E-state index contributed by atoms with van der Waals surface area (Å²) in [5, 5.41) is 0. The first-order valence-corrected chi connectivity index (χ1v) is 11.2. The summed E-state index contributed by atoms with van der Waals surface area (Å²) in [5.74, 6) is -0.0625. The first-order valence-electron chi connectivity index (χ1n) is 11.2. The number of benzene rings is 3. The molecule has 0 aromatic heterocycles. The van der Waals surface area contributed by atoms with E-state index in [0.29, 0.717) is 30.9 Å². The van der Waals surface area contributed by atoms with E-state index in [4.69, 9.17) is 4.74 Å². The standard InChI is InChI=1S/C28H26N2O3/c31-26(24-11-5-2-6-12-24)15-14-22-10-7-13-25(18-22)27(32)30-17-16-29(28(30)20-33-21-28)19-23-8-3-1-4-9-23/h1-15,18H,16-17,19-21H2/b15-14+. The number of carbonyl (C=O) groups excluding carboxylic acids is 2. The fraction of sp³-hybridized carbons (Fsp3) is 0.214. The van der Waals surface area contributed by atoms with E-state index in [0.717, 1.165) is 18.7 Å². The fourth-order valence-electron chi connectivity index (χ4n) is 4.55. The molecule has 166 valence electrons. The van der Waals surface area contributed by atoms with E-state index < -0.39 is 0 Å². The summed E-state index contributed by atoms with van der Waals surface area (Å²) in [6, 6.07) is 26.9. The molecule has 5 rings (SSSR count). The maximum Gasteiger partial charge on any atom is 0.255 e. The first kappa shape index (κ1) is 21.3. The van der Waals surface area contributed by atoms with Crippen molar-refractivity contribution in [1.29, 1.82) is 0 Å². The van der Waals surface area contributed by atoms with Crippen LogP contribution in [0.25, 0.3) is 6.08 Å². The normalized spacial score (nSPS) is 17.4. The fourth-order valence-corrected chi connectivity index (χ4v) is 4.55. The summed E-state index contributed by atoms with van der Waals surface area (Å²) >= 11 is 0. The molecule has 0 saturated carbocycles. The molecule has 2 saturated heterocycles. The Morgan fingerprint density at radius 2 is 1.55 bits per heavy atom. The molecule has 0 bridgehead atoms. The first-order chi connectivity index (χ1) is 16.2. The molecule has 3 aromatic rings. The molecule has 2 heterocycles. The largest absolute Gasteiger partial charge is 0.374 e. The van der Waals surface area contributed by atoms with Gasteiger partial charge in [0.15, 0.2) is 5.78 Å². The quantitative estimate of drug-likeness (QED) is 0.426. The number of nitrogens with zero attached hydrogens (tertiary/aromatic N) is 2. The van der Waals surface area contributed by atoms with Crippen LogP contribution in [-0.2, 0) is 11.3 Å². The molecule has 2 aliphatic rings. The minimum atomic E-state index is -0.387. The lowest BCUT2D eigenvalue weighted by atomic mass is 10.0. The van der Waals surface area contributed by atoms with Crippen LogP contribution in [-0.4, -0.2) is 53.5 Å². The van der Waals surface area contributed by atoms with Crippen LogP contribution >= 0.6 is 0 Å². The van der Waals surface area contributed by atoms with Gasteiger partial charge in [0.05, 0.1) is 13.2 Å². The van der Waals surface area contributed by atoms with Crippen molar-refractivity contribution in [2.75, 3.05) is 26.3 Å². The minimum absolute atomic E-state index is 0.00139. The van der Waals surface area contributed by atoms with Gasteiger partial charge in [0.1, 0.15) is 5.66 Å². The van der Waals surface area contributed by atoms with Gasteiger partial charge in [-0.15, -0.1) is 0 Å². The highest BCUT2D eigenvalue weighted by atomic mass is 16.5. The highest BCUT2D eigenvalue weighted by molar-refractivity contribution is 6.07. The number of hydrogen-bond acceptors (Lipinski definition) is 4. The van der Waals surface area contributed by atoms with Crippen molar-refractivity contribution >= 4 is 17.8 Å². The van der Waals surface area contributed by atoms with Crippen molar-refractivity contribution < 1.29 is 14.3 Å². The van der Waals surface area contributed by atoms with Gasteiger partial charge in [-0.1, -0.05) is 78.9 Å². The maximum absolute atomic E-state index is 13.5. The Kier molecular flexibility index (Phi) is 5.90. The van der Waals surface area contributed by atoms with Crippen LogP contribution in [0.1, 0.15) is 31.8 Å². The topological polar surface area (TPSA) is 49.9 Å². The highest BCUT2D eigenvalue weighted by Crippen LogP contribution is 2.36. The average Bonchev–Trinajstić information content (AvgIpc) is 3.23. The summed E-state index contributed by atoms with van der Waals surface area (Å²) in [7, 11) is 0. The zero-order chi connectivity index (χ0) is 22.7. The second-order valence-corrected chi connectivity index (χ2v) is 8.53. The number of allylic oxidation sites excluding steroid dienone is 1. The number of amides is 1. The van der Waals surface area contributed by atoms with Crippen molar-refractivity contribution in [3.8, 4) is 0 Å². The van der Waals surface area contributed by atoms with Crippen LogP contribution in [0.15, 0.2) is 91.0 Å². The zero-order valence-electron chi connectivity index (χ0n) is 18.4. The Morgan fingerprint density at radius 3 is 2.24 bits per heavy atom. The molecule has 5 heteroatoms. The number of rotatable bonds is 6.